The SMILES string of the molecule is O=C(O)CCCCC(=O)C1CCCCC1. The molecular formula is C12H20O3. The molecule has 3 heteroatoms. The van der Waals surface area contributed by atoms with Crippen LogP contribution in [0.5, 0.6) is 0 Å². The zero-order valence-electron chi connectivity index (χ0n) is 9.21. The molecule has 1 aliphatic carbocycles. The third-order valence-electron chi connectivity index (χ3n) is 3.12. The van der Waals surface area contributed by atoms with Crippen molar-refractivity contribution in [3.05, 3.63) is 0 Å². The molecule has 1 aliphatic rings. The Hall–Kier alpha value is -0.860. The van der Waals surface area contributed by atoms with Crippen molar-refractivity contribution < 1.29 is 14.7 Å². The molecule has 0 aromatic carbocycles. The second-order valence-corrected chi connectivity index (χ2v) is 4.40. The Labute approximate surface area is 90.9 Å². The molecule has 0 unspecified atom stereocenters. The van der Waals surface area contributed by atoms with Crippen LogP contribution in [0.15, 0.2) is 0 Å². The normalized spacial score (nSPS) is 17.6. The fourth-order valence-corrected chi connectivity index (χ4v) is 2.20. The van der Waals surface area contributed by atoms with Crippen LogP contribution in [0.3, 0.4) is 0 Å². The highest BCUT2D eigenvalue weighted by molar-refractivity contribution is 5.81. The molecule has 1 rings (SSSR count). The van der Waals surface area contributed by atoms with Gasteiger partial charge in [0.2, 0.25) is 0 Å². The number of Topliss-reactive ketones (excluding diaryl/α,β-unsaturated/α-hetero) is 1. The Kier molecular flexibility index (Phi) is 5.37. The second-order valence-electron chi connectivity index (χ2n) is 4.40. The van der Waals surface area contributed by atoms with Crippen LogP contribution >= 0.6 is 0 Å². The summed E-state index contributed by atoms with van der Waals surface area (Å²) >= 11 is 0. The van der Waals surface area contributed by atoms with Crippen molar-refractivity contribution in [3.8, 4) is 0 Å². The Bertz CT molecular complexity index is 217. The van der Waals surface area contributed by atoms with E-state index >= 15 is 0 Å². The molecule has 0 aromatic heterocycles. The lowest BCUT2D eigenvalue weighted by Crippen LogP contribution is -2.17. The zero-order chi connectivity index (χ0) is 11.1. The Morgan fingerprint density at radius 2 is 1.60 bits per heavy atom. The summed E-state index contributed by atoms with van der Waals surface area (Å²) in [5, 5.41) is 8.44. The maximum Gasteiger partial charge on any atom is 0.303 e. The van der Waals surface area contributed by atoms with Gasteiger partial charge in [-0.1, -0.05) is 19.3 Å². The third-order valence-corrected chi connectivity index (χ3v) is 3.12. The van der Waals surface area contributed by atoms with Crippen LogP contribution in [0.1, 0.15) is 57.8 Å². The minimum Gasteiger partial charge on any atom is -0.481 e. The minimum atomic E-state index is -0.764. The molecule has 86 valence electrons. The quantitative estimate of drug-likeness (QED) is 0.689. The van der Waals surface area contributed by atoms with Crippen molar-refractivity contribution in [2.24, 2.45) is 5.92 Å². The summed E-state index contributed by atoms with van der Waals surface area (Å²) in [5.74, 6) is -0.121. The number of carboxylic acid groups (broad SMARTS) is 1. The average Bonchev–Trinajstić information content (AvgIpc) is 2.25. The third kappa shape index (κ3) is 4.96. The van der Waals surface area contributed by atoms with Crippen molar-refractivity contribution in [2.45, 2.75) is 57.8 Å². The predicted octanol–water partition coefficient (Wildman–Crippen LogP) is 2.78. The van der Waals surface area contributed by atoms with Crippen molar-refractivity contribution in [2.75, 3.05) is 0 Å². The van der Waals surface area contributed by atoms with Crippen LogP contribution in [-0.2, 0) is 9.59 Å². The number of carbonyl (C=O) groups excluding carboxylic acids is 1. The highest BCUT2D eigenvalue weighted by Crippen LogP contribution is 2.25. The predicted molar refractivity (Wildman–Crippen MR) is 57.7 cm³/mol. The van der Waals surface area contributed by atoms with Gasteiger partial charge in [0.05, 0.1) is 0 Å². The molecule has 15 heavy (non-hydrogen) atoms. The summed E-state index contributed by atoms with van der Waals surface area (Å²) in [6.07, 6.45) is 7.89. The highest BCUT2D eigenvalue weighted by atomic mass is 16.4. The van der Waals surface area contributed by atoms with Gasteiger partial charge in [-0.15, -0.1) is 0 Å². The summed E-state index contributed by atoms with van der Waals surface area (Å²) in [5.41, 5.74) is 0. The molecule has 0 bridgehead atoms. The van der Waals surface area contributed by atoms with Crippen LogP contribution in [-0.4, -0.2) is 16.9 Å². The van der Waals surface area contributed by atoms with E-state index < -0.39 is 5.97 Å². The lowest BCUT2D eigenvalue weighted by atomic mass is 9.84. The fraction of sp³-hybridized carbons (Fsp3) is 0.833. The Morgan fingerprint density at radius 3 is 2.20 bits per heavy atom. The first-order valence-corrected chi connectivity index (χ1v) is 5.94. The van der Waals surface area contributed by atoms with Gasteiger partial charge in [0.25, 0.3) is 0 Å². The summed E-state index contributed by atoms with van der Waals surface area (Å²) in [7, 11) is 0. The van der Waals surface area contributed by atoms with Crippen molar-refractivity contribution in [3.63, 3.8) is 0 Å². The van der Waals surface area contributed by atoms with E-state index in [1.807, 2.05) is 0 Å². The van der Waals surface area contributed by atoms with Gasteiger partial charge in [-0.25, -0.2) is 0 Å². The number of rotatable bonds is 6. The standard InChI is InChI=1S/C12H20O3/c13-11(8-4-5-9-12(14)15)10-6-2-1-3-7-10/h10H,1-9H2,(H,14,15). The molecule has 0 amide bonds. The molecule has 0 heterocycles. The fourth-order valence-electron chi connectivity index (χ4n) is 2.20. The van der Waals surface area contributed by atoms with Gasteiger partial charge in [-0.3, -0.25) is 9.59 Å². The van der Waals surface area contributed by atoms with Crippen LogP contribution in [0.4, 0.5) is 0 Å². The van der Waals surface area contributed by atoms with Gasteiger partial charge in [0.15, 0.2) is 0 Å². The number of ketones is 1. The molecule has 0 aliphatic heterocycles. The highest BCUT2D eigenvalue weighted by Gasteiger charge is 2.20. The number of unbranched alkanes of at least 4 members (excludes halogenated alkanes) is 1. The first kappa shape index (κ1) is 12.2. The van der Waals surface area contributed by atoms with Gasteiger partial charge in [0, 0.05) is 18.8 Å². The summed E-state index contributed by atoms with van der Waals surface area (Å²) in [4.78, 5) is 22.0. The topological polar surface area (TPSA) is 54.4 Å². The summed E-state index contributed by atoms with van der Waals surface area (Å²) < 4.78 is 0. The van der Waals surface area contributed by atoms with Crippen molar-refractivity contribution >= 4 is 11.8 Å². The van der Waals surface area contributed by atoms with E-state index in [1.54, 1.807) is 0 Å². The minimum absolute atomic E-state index is 0.192. The van der Waals surface area contributed by atoms with Crippen molar-refractivity contribution in [1.82, 2.24) is 0 Å². The van der Waals surface area contributed by atoms with Gasteiger partial charge in [0.1, 0.15) is 5.78 Å². The Morgan fingerprint density at radius 1 is 1.00 bits per heavy atom. The molecule has 3 nitrogen and oxygen atoms in total. The Balaban J connectivity index is 2.09. The number of hydrogen-bond acceptors (Lipinski definition) is 2. The van der Waals surface area contributed by atoms with Crippen LogP contribution in [0.25, 0.3) is 0 Å². The molecule has 0 radical (unpaired) electrons. The van der Waals surface area contributed by atoms with Gasteiger partial charge < -0.3 is 5.11 Å². The van der Waals surface area contributed by atoms with Gasteiger partial charge >= 0.3 is 5.97 Å². The first-order chi connectivity index (χ1) is 7.20. The maximum atomic E-state index is 11.7. The molecule has 1 N–H and O–H groups in total. The van der Waals surface area contributed by atoms with E-state index in [1.165, 1.54) is 19.3 Å². The molecule has 0 spiro atoms. The van der Waals surface area contributed by atoms with Crippen LogP contribution < -0.4 is 0 Å². The van der Waals surface area contributed by atoms with Crippen LogP contribution in [0.2, 0.25) is 0 Å². The number of carboxylic acids is 1. The van der Waals surface area contributed by atoms with E-state index in [0.717, 1.165) is 19.3 Å². The first-order valence-electron chi connectivity index (χ1n) is 5.94. The second kappa shape index (κ2) is 6.59. The number of carbonyl (C=O) groups is 2. The van der Waals surface area contributed by atoms with E-state index in [2.05, 4.69) is 0 Å². The number of aliphatic carboxylic acids is 1. The zero-order valence-corrected chi connectivity index (χ0v) is 9.21. The lowest BCUT2D eigenvalue weighted by Gasteiger charge is -2.19. The number of hydrogen-bond donors (Lipinski definition) is 1. The smallest absolute Gasteiger partial charge is 0.303 e. The lowest BCUT2D eigenvalue weighted by molar-refractivity contribution is -0.137. The molecule has 0 atom stereocenters. The average molecular weight is 212 g/mol. The molecule has 0 saturated heterocycles. The summed E-state index contributed by atoms with van der Waals surface area (Å²) in [6, 6.07) is 0. The monoisotopic (exact) mass is 212 g/mol. The van der Waals surface area contributed by atoms with Crippen molar-refractivity contribution in [1.29, 1.82) is 0 Å². The van der Waals surface area contributed by atoms with Gasteiger partial charge in [-0.2, -0.15) is 0 Å². The molecule has 0 aromatic rings. The molecule has 1 fully saturated rings. The van der Waals surface area contributed by atoms with Crippen LogP contribution in [0, 0.1) is 5.92 Å². The summed E-state index contributed by atoms with van der Waals surface area (Å²) in [6.45, 7) is 0. The maximum absolute atomic E-state index is 11.7. The molecule has 1 saturated carbocycles. The largest absolute Gasteiger partial charge is 0.481 e. The van der Waals surface area contributed by atoms with E-state index in [4.69, 9.17) is 5.11 Å². The van der Waals surface area contributed by atoms with E-state index in [9.17, 15) is 9.59 Å². The van der Waals surface area contributed by atoms with E-state index in [-0.39, 0.29) is 12.3 Å². The molecular weight excluding hydrogens is 192 g/mol. The van der Waals surface area contributed by atoms with Gasteiger partial charge in [-0.05, 0) is 25.7 Å². The van der Waals surface area contributed by atoms with E-state index in [0.29, 0.717) is 18.6 Å².